The molecule has 1 amide bonds. The molecule has 2 aromatic heterocycles. The van der Waals surface area contributed by atoms with E-state index in [1.807, 2.05) is 6.92 Å². The van der Waals surface area contributed by atoms with Crippen molar-refractivity contribution in [2.24, 2.45) is 0 Å². The number of hydrogen-bond acceptors (Lipinski definition) is 6. The van der Waals surface area contributed by atoms with Crippen molar-refractivity contribution in [3.63, 3.8) is 0 Å². The summed E-state index contributed by atoms with van der Waals surface area (Å²) in [6, 6.07) is 8.51. The van der Waals surface area contributed by atoms with Crippen LogP contribution < -0.4 is 15.4 Å². The predicted molar refractivity (Wildman–Crippen MR) is 99.5 cm³/mol. The maximum absolute atomic E-state index is 12.6. The Morgan fingerprint density at radius 2 is 2.04 bits per heavy atom. The smallest absolute Gasteiger partial charge is 0.274 e. The van der Waals surface area contributed by atoms with Crippen molar-refractivity contribution in [3.8, 4) is 5.75 Å². The van der Waals surface area contributed by atoms with Crippen LogP contribution in [0.3, 0.4) is 0 Å². The number of amides is 1. The lowest BCUT2D eigenvalue weighted by Gasteiger charge is -2.12. The number of aryl methyl sites for hydroxylation is 2. The SMILES string of the molecule is COc1cc(Cl)c(C)cc1NC(=O)c1cc(Nc2cc(C)on2)ccn1. The molecule has 1 aromatic carbocycles. The van der Waals surface area contributed by atoms with Crippen molar-refractivity contribution >= 4 is 34.7 Å². The molecule has 0 aliphatic carbocycles. The van der Waals surface area contributed by atoms with Crippen molar-refractivity contribution < 1.29 is 14.1 Å². The molecule has 0 bridgehead atoms. The highest BCUT2D eigenvalue weighted by Crippen LogP contribution is 2.31. The van der Waals surface area contributed by atoms with E-state index in [1.165, 1.54) is 13.3 Å². The molecular formula is C18H17ClN4O3. The van der Waals surface area contributed by atoms with Crippen LogP contribution >= 0.6 is 11.6 Å². The molecule has 8 heteroatoms. The van der Waals surface area contributed by atoms with E-state index in [2.05, 4.69) is 20.8 Å². The summed E-state index contributed by atoms with van der Waals surface area (Å²) in [5, 5.41) is 10.3. The highest BCUT2D eigenvalue weighted by molar-refractivity contribution is 6.31. The minimum atomic E-state index is -0.370. The fraction of sp³-hybridized carbons (Fsp3) is 0.167. The number of carbonyl (C=O) groups excluding carboxylic acids is 1. The number of nitrogens with zero attached hydrogens (tertiary/aromatic N) is 2. The predicted octanol–water partition coefficient (Wildman–Crippen LogP) is 4.34. The molecular weight excluding hydrogens is 356 g/mol. The number of aromatic nitrogens is 2. The lowest BCUT2D eigenvalue weighted by molar-refractivity contribution is 0.102. The van der Waals surface area contributed by atoms with E-state index in [9.17, 15) is 4.79 Å². The first-order valence-corrected chi connectivity index (χ1v) is 8.16. The van der Waals surface area contributed by atoms with Gasteiger partial charge in [0, 0.05) is 29.0 Å². The van der Waals surface area contributed by atoms with Crippen molar-refractivity contribution in [2.45, 2.75) is 13.8 Å². The van der Waals surface area contributed by atoms with Crippen LogP contribution in [0, 0.1) is 13.8 Å². The minimum Gasteiger partial charge on any atom is -0.495 e. The number of benzene rings is 1. The Morgan fingerprint density at radius 3 is 2.73 bits per heavy atom. The summed E-state index contributed by atoms with van der Waals surface area (Å²) in [6.45, 7) is 3.64. The normalized spacial score (nSPS) is 10.5. The van der Waals surface area contributed by atoms with Gasteiger partial charge in [0.2, 0.25) is 0 Å². The largest absolute Gasteiger partial charge is 0.495 e. The zero-order valence-corrected chi connectivity index (χ0v) is 15.2. The summed E-state index contributed by atoms with van der Waals surface area (Å²) in [5.41, 5.74) is 2.25. The van der Waals surface area contributed by atoms with Crippen LogP contribution in [0.15, 0.2) is 41.1 Å². The average molecular weight is 373 g/mol. The molecule has 2 N–H and O–H groups in total. The van der Waals surface area contributed by atoms with Gasteiger partial charge in [-0.2, -0.15) is 0 Å². The Balaban J connectivity index is 1.80. The molecule has 0 atom stereocenters. The van der Waals surface area contributed by atoms with E-state index in [1.54, 1.807) is 37.3 Å². The highest BCUT2D eigenvalue weighted by Gasteiger charge is 2.14. The van der Waals surface area contributed by atoms with Gasteiger partial charge in [0.25, 0.3) is 5.91 Å². The number of halogens is 1. The van der Waals surface area contributed by atoms with Gasteiger partial charge in [-0.3, -0.25) is 9.78 Å². The molecule has 2 heterocycles. The van der Waals surface area contributed by atoms with E-state index in [0.29, 0.717) is 33.7 Å². The Kier molecular flexibility index (Phi) is 5.09. The zero-order chi connectivity index (χ0) is 18.7. The topological polar surface area (TPSA) is 89.3 Å². The second-order valence-electron chi connectivity index (χ2n) is 5.63. The first-order chi connectivity index (χ1) is 12.5. The van der Waals surface area contributed by atoms with Crippen molar-refractivity contribution in [1.29, 1.82) is 0 Å². The van der Waals surface area contributed by atoms with Crippen molar-refractivity contribution in [2.75, 3.05) is 17.7 Å². The Hall–Kier alpha value is -3.06. The molecule has 7 nitrogen and oxygen atoms in total. The fourth-order valence-electron chi connectivity index (χ4n) is 2.32. The molecule has 0 aliphatic rings. The van der Waals surface area contributed by atoms with Crippen LogP contribution in [-0.2, 0) is 0 Å². The monoisotopic (exact) mass is 372 g/mol. The molecule has 3 rings (SSSR count). The molecule has 0 saturated heterocycles. The van der Waals surface area contributed by atoms with E-state index < -0.39 is 0 Å². The van der Waals surface area contributed by atoms with Crippen LogP contribution in [-0.4, -0.2) is 23.2 Å². The number of carbonyl (C=O) groups is 1. The Morgan fingerprint density at radius 1 is 1.23 bits per heavy atom. The maximum Gasteiger partial charge on any atom is 0.274 e. The number of nitrogens with one attached hydrogen (secondary N) is 2. The van der Waals surface area contributed by atoms with Crippen molar-refractivity contribution in [1.82, 2.24) is 10.1 Å². The second-order valence-corrected chi connectivity index (χ2v) is 6.04. The molecule has 0 unspecified atom stereocenters. The van der Waals surface area contributed by atoms with Gasteiger partial charge in [-0.25, -0.2) is 0 Å². The Bertz CT molecular complexity index is 955. The van der Waals surface area contributed by atoms with E-state index in [-0.39, 0.29) is 11.6 Å². The average Bonchev–Trinajstić information content (AvgIpc) is 3.03. The summed E-state index contributed by atoms with van der Waals surface area (Å²) in [7, 11) is 1.51. The maximum atomic E-state index is 12.6. The summed E-state index contributed by atoms with van der Waals surface area (Å²) in [6.07, 6.45) is 1.54. The quantitative estimate of drug-likeness (QED) is 0.692. The lowest BCUT2D eigenvalue weighted by Crippen LogP contribution is -2.14. The van der Waals surface area contributed by atoms with Gasteiger partial charge in [-0.15, -0.1) is 0 Å². The molecule has 0 spiro atoms. The number of hydrogen-bond donors (Lipinski definition) is 2. The van der Waals surface area contributed by atoms with Crippen LogP contribution in [0.5, 0.6) is 5.75 Å². The first kappa shape index (κ1) is 17.8. The summed E-state index contributed by atoms with van der Waals surface area (Å²) >= 11 is 6.09. The summed E-state index contributed by atoms with van der Waals surface area (Å²) in [5.74, 6) is 1.34. The van der Waals surface area contributed by atoms with Gasteiger partial charge in [-0.1, -0.05) is 16.8 Å². The molecule has 0 aliphatic heterocycles. The van der Waals surface area contributed by atoms with Crippen molar-refractivity contribution in [3.05, 3.63) is 58.6 Å². The van der Waals surface area contributed by atoms with Gasteiger partial charge in [-0.05, 0) is 37.6 Å². The molecule has 134 valence electrons. The highest BCUT2D eigenvalue weighted by atomic mass is 35.5. The third-order valence-corrected chi connectivity index (χ3v) is 4.03. The number of pyridine rings is 1. The Labute approximate surface area is 155 Å². The number of methoxy groups -OCH3 is 1. The number of rotatable bonds is 5. The molecule has 3 aromatic rings. The van der Waals surface area contributed by atoms with Gasteiger partial charge in [0.05, 0.1) is 12.8 Å². The van der Waals surface area contributed by atoms with Gasteiger partial charge < -0.3 is 19.9 Å². The molecule has 0 radical (unpaired) electrons. The minimum absolute atomic E-state index is 0.241. The number of anilines is 3. The summed E-state index contributed by atoms with van der Waals surface area (Å²) < 4.78 is 10.3. The van der Waals surface area contributed by atoms with E-state index in [4.69, 9.17) is 20.9 Å². The van der Waals surface area contributed by atoms with Gasteiger partial charge >= 0.3 is 0 Å². The van der Waals surface area contributed by atoms with E-state index >= 15 is 0 Å². The standard InChI is InChI=1S/C18H17ClN4O3/c1-10-6-14(16(25-3)9-13(10)19)22-18(24)15-8-12(4-5-20-15)21-17-7-11(2)26-23-17/h4-9H,1-3H3,(H,22,24)(H,20,21,23). The molecule has 0 fully saturated rings. The third-order valence-electron chi connectivity index (χ3n) is 3.62. The lowest BCUT2D eigenvalue weighted by atomic mass is 10.2. The van der Waals surface area contributed by atoms with Gasteiger partial charge in [0.1, 0.15) is 17.2 Å². The summed E-state index contributed by atoms with van der Waals surface area (Å²) in [4.78, 5) is 16.7. The third kappa shape index (κ3) is 3.94. The van der Waals surface area contributed by atoms with Crippen LogP contribution in [0.1, 0.15) is 21.8 Å². The second kappa shape index (κ2) is 7.45. The van der Waals surface area contributed by atoms with Crippen LogP contribution in [0.25, 0.3) is 0 Å². The van der Waals surface area contributed by atoms with E-state index in [0.717, 1.165) is 5.56 Å². The zero-order valence-electron chi connectivity index (χ0n) is 14.5. The van der Waals surface area contributed by atoms with Gasteiger partial charge in [0.15, 0.2) is 5.82 Å². The van der Waals surface area contributed by atoms with Crippen LogP contribution in [0.2, 0.25) is 5.02 Å². The first-order valence-electron chi connectivity index (χ1n) is 7.78. The number of ether oxygens (including phenoxy) is 1. The van der Waals surface area contributed by atoms with Crippen LogP contribution in [0.4, 0.5) is 17.2 Å². The molecule has 26 heavy (non-hydrogen) atoms. The molecule has 0 saturated carbocycles. The fourth-order valence-corrected chi connectivity index (χ4v) is 2.48.